The molecule has 1 heterocycles. The van der Waals surface area contributed by atoms with Crippen molar-refractivity contribution >= 4 is 37.9 Å². The molecule has 3 N–H and O–H groups in total. The molecule has 1 aliphatic heterocycles. The second-order valence-electron chi connectivity index (χ2n) is 3.82. The van der Waals surface area contributed by atoms with Crippen molar-refractivity contribution in [3.8, 4) is 0 Å². The second kappa shape index (κ2) is 5.27. The fourth-order valence-electron chi connectivity index (χ4n) is 1.49. The highest BCUT2D eigenvalue weighted by molar-refractivity contribution is 9.10. The van der Waals surface area contributed by atoms with Gasteiger partial charge in [-0.1, -0.05) is 15.9 Å². The van der Waals surface area contributed by atoms with E-state index in [4.69, 9.17) is 0 Å². The summed E-state index contributed by atoms with van der Waals surface area (Å²) in [5.74, 6) is -0.552. The van der Waals surface area contributed by atoms with E-state index in [1.165, 1.54) is 12.1 Å². The van der Waals surface area contributed by atoms with Gasteiger partial charge in [-0.05, 0) is 24.3 Å². The molecule has 1 fully saturated rings. The first-order valence-electron chi connectivity index (χ1n) is 5.25. The van der Waals surface area contributed by atoms with Crippen molar-refractivity contribution in [2.45, 2.75) is 10.9 Å². The van der Waals surface area contributed by atoms with E-state index in [2.05, 4.69) is 26.0 Å². The van der Waals surface area contributed by atoms with Crippen LogP contribution in [0.4, 0.5) is 4.79 Å². The van der Waals surface area contributed by atoms with Crippen LogP contribution in [0.5, 0.6) is 0 Å². The number of urea groups is 1. The Morgan fingerprint density at radius 3 is 2.37 bits per heavy atom. The molecule has 19 heavy (non-hydrogen) atoms. The van der Waals surface area contributed by atoms with Crippen molar-refractivity contribution in [3.63, 3.8) is 0 Å². The Labute approximate surface area is 117 Å². The van der Waals surface area contributed by atoms with E-state index in [9.17, 15) is 18.0 Å². The molecular weight excluding hydrogens is 338 g/mol. The minimum atomic E-state index is -3.71. The summed E-state index contributed by atoms with van der Waals surface area (Å²) >= 11 is 3.20. The Morgan fingerprint density at radius 1 is 1.21 bits per heavy atom. The van der Waals surface area contributed by atoms with Crippen molar-refractivity contribution in [2.75, 3.05) is 6.54 Å². The number of sulfonamides is 1. The Balaban J connectivity index is 2.04. The first-order valence-corrected chi connectivity index (χ1v) is 7.53. The summed E-state index contributed by atoms with van der Waals surface area (Å²) in [6.07, 6.45) is 0. The fourth-order valence-corrected chi connectivity index (χ4v) is 2.80. The number of halogens is 1. The number of hydrogen-bond donors (Lipinski definition) is 3. The molecule has 0 bridgehead atoms. The Hall–Kier alpha value is -1.45. The molecule has 102 valence electrons. The van der Waals surface area contributed by atoms with E-state index >= 15 is 0 Å². The second-order valence-corrected chi connectivity index (χ2v) is 6.50. The third-order valence-electron chi connectivity index (χ3n) is 2.46. The summed E-state index contributed by atoms with van der Waals surface area (Å²) in [5.41, 5.74) is 0. The molecule has 9 heteroatoms. The molecule has 7 nitrogen and oxygen atoms in total. The monoisotopic (exact) mass is 347 g/mol. The highest BCUT2D eigenvalue weighted by Gasteiger charge is 2.30. The molecule has 1 aromatic carbocycles. The third kappa shape index (κ3) is 3.31. The maximum Gasteiger partial charge on any atom is 0.322 e. The van der Waals surface area contributed by atoms with Gasteiger partial charge >= 0.3 is 6.03 Å². The van der Waals surface area contributed by atoms with Crippen LogP contribution in [0, 0.1) is 0 Å². The predicted octanol–water partition coefficient (Wildman–Crippen LogP) is -0.0646. The van der Waals surface area contributed by atoms with Crippen LogP contribution in [0.2, 0.25) is 0 Å². The lowest BCUT2D eigenvalue weighted by molar-refractivity contribution is -0.120. The van der Waals surface area contributed by atoms with Crippen molar-refractivity contribution in [1.29, 1.82) is 0 Å². The average molecular weight is 348 g/mol. The van der Waals surface area contributed by atoms with Gasteiger partial charge in [-0.2, -0.15) is 0 Å². The van der Waals surface area contributed by atoms with Crippen LogP contribution in [0.25, 0.3) is 0 Å². The molecule has 1 saturated heterocycles. The van der Waals surface area contributed by atoms with Gasteiger partial charge in [0.25, 0.3) is 5.91 Å². The lowest BCUT2D eigenvalue weighted by Crippen LogP contribution is -2.41. The number of carbonyl (C=O) groups is 2. The molecule has 1 aliphatic rings. The topological polar surface area (TPSA) is 104 Å². The van der Waals surface area contributed by atoms with Crippen LogP contribution >= 0.6 is 15.9 Å². The fraction of sp³-hybridized carbons (Fsp3) is 0.200. The highest BCUT2D eigenvalue weighted by atomic mass is 79.9. The quantitative estimate of drug-likeness (QED) is 0.663. The molecule has 1 aromatic rings. The Kier molecular flexibility index (Phi) is 3.88. The van der Waals surface area contributed by atoms with E-state index in [0.29, 0.717) is 0 Å². The number of imide groups is 1. The average Bonchev–Trinajstić information content (AvgIpc) is 2.66. The van der Waals surface area contributed by atoms with Gasteiger partial charge < -0.3 is 5.32 Å². The number of carbonyl (C=O) groups excluding carboxylic acids is 2. The van der Waals surface area contributed by atoms with Crippen LogP contribution in [0.3, 0.4) is 0 Å². The molecule has 0 spiro atoms. The van der Waals surface area contributed by atoms with E-state index in [0.717, 1.165) is 4.47 Å². The standard InChI is InChI=1S/C10H10BrN3O4S/c11-6-1-3-7(4-2-6)19(17,18)12-5-8-9(15)14-10(16)13-8/h1-4,8,12H,5H2,(H2,13,14,15,16). The summed E-state index contributed by atoms with van der Waals surface area (Å²) < 4.78 is 26.9. The molecule has 1 atom stereocenters. The number of hydrogen-bond acceptors (Lipinski definition) is 4. The maximum atomic E-state index is 11.9. The molecule has 2 rings (SSSR count). The molecule has 3 amide bonds. The van der Waals surface area contributed by atoms with Crippen LogP contribution < -0.4 is 15.4 Å². The lowest BCUT2D eigenvalue weighted by Gasteiger charge is -2.10. The van der Waals surface area contributed by atoms with Crippen LogP contribution in [0.1, 0.15) is 0 Å². The van der Waals surface area contributed by atoms with Gasteiger partial charge in [0.2, 0.25) is 10.0 Å². The number of rotatable bonds is 4. The van der Waals surface area contributed by atoms with Crippen molar-refractivity contribution in [3.05, 3.63) is 28.7 Å². The third-order valence-corrected chi connectivity index (χ3v) is 4.43. The zero-order valence-corrected chi connectivity index (χ0v) is 11.9. The lowest BCUT2D eigenvalue weighted by atomic mass is 10.3. The molecule has 1 unspecified atom stereocenters. The Morgan fingerprint density at radius 2 is 1.84 bits per heavy atom. The highest BCUT2D eigenvalue weighted by Crippen LogP contribution is 2.14. The normalized spacial score (nSPS) is 19.1. The van der Waals surface area contributed by atoms with Gasteiger partial charge in [-0.25, -0.2) is 17.9 Å². The van der Waals surface area contributed by atoms with Gasteiger partial charge in [-0.3, -0.25) is 10.1 Å². The maximum absolute atomic E-state index is 11.9. The summed E-state index contributed by atoms with van der Waals surface area (Å²) in [6.45, 7) is -0.198. The van der Waals surface area contributed by atoms with E-state index in [1.54, 1.807) is 12.1 Å². The summed E-state index contributed by atoms with van der Waals surface area (Å²) in [4.78, 5) is 22.2. The zero-order valence-electron chi connectivity index (χ0n) is 9.51. The van der Waals surface area contributed by atoms with Crippen molar-refractivity contribution in [2.24, 2.45) is 0 Å². The smallest absolute Gasteiger partial charge is 0.322 e. The zero-order chi connectivity index (χ0) is 14.0. The van der Waals surface area contributed by atoms with Gasteiger partial charge in [-0.15, -0.1) is 0 Å². The number of benzene rings is 1. The van der Waals surface area contributed by atoms with E-state index < -0.39 is 28.0 Å². The van der Waals surface area contributed by atoms with Crippen molar-refractivity contribution in [1.82, 2.24) is 15.4 Å². The minimum absolute atomic E-state index is 0.0837. The first kappa shape index (κ1) is 14.0. The molecule has 0 aliphatic carbocycles. The Bertz CT molecular complexity index is 614. The van der Waals surface area contributed by atoms with Gasteiger partial charge in [0.15, 0.2) is 0 Å². The van der Waals surface area contributed by atoms with E-state index in [-0.39, 0.29) is 11.4 Å². The van der Waals surface area contributed by atoms with E-state index in [1.807, 2.05) is 5.32 Å². The summed E-state index contributed by atoms with van der Waals surface area (Å²) in [6, 6.07) is 4.53. The molecular formula is C10H10BrN3O4S. The largest absolute Gasteiger partial charge is 0.325 e. The number of nitrogens with one attached hydrogen (secondary N) is 3. The van der Waals surface area contributed by atoms with Crippen molar-refractivity contribution < 1.29 is 18.0 Å². The van der Waals surface area contributed by atoms with Crippen LogP contribution in [-0.4, -0.2) is 32.9 Å². The molecule has 0 radical (unpaired) electrons. The van der Waals surface area contributed by atoms with Crippen LogP contribution in [0.15, 0.2) is 33.6 Å². The SMILES string of the molecule is O=C1NC(=O)C(CNS(=O)(=O)c2ccc(Br)cc2)N1. The summed E-state index contributed by atoms with van der Waals surface area (Å²) in [5, 5.41) is 4.32. The number of amides is 3. The minimum Gasteiger partial charge on any atom is -0.325 e. The predicted molar refractivity (Wildman–Crippen MR) is 69.8 cm³/mol. The van der Waals surface area contributed by atoms with Crippen LogP contribution in [-0.2, 0) is 14.8 Å². The molecule has 0 saturated carbocycles. The molecule has 0 aromatic heterocycles. The first-order chi connectivity index (χ1) is 8.88. The van der Waals surface area contributed by atoms with Gasteiger partial charge in [0.1, 0.15) is 6.04 Å². The summed E-state index contributed by atoms with van der Waals surface area (Å²) in [7, 11) is -3.71. The van der Waals surface area contributed by atoms with Gasteiger partial charge in [0.05, 0.1) is 4.90 Å². The van der Waals surface area contributed by atoms with Gasteiger partial charge in [0, 0.05) is 11.0 Å².